The Balaban J connectivity index is 2.75. The molecule has 0 unspecified atom stereocenters. The van der Waals surface area contributed by atoms with E-state index >= 15 is 0 Å². The molecule has 6 heteroatoms. The van der Waals surface area contributed by atoms with E-state index in [1.807, 2.05) is 6.07 Å². The first kappa shape index (κ1) is 14.6. The Labute approximate surface area is 111 Å². The van der Waals surface area contributed by atoms with Crippen molar-refractivity contribution in [2.45, 2.75) is 6.54 Å². The first-order chi connectivity index (χ1) is 8.63. The fraction of sp³-hybridized carbons (Fsp3) is 0.417. The van der Waals surface area contributed by atoms with Crippen molar-refractivity contribution >= 4 is 17.5 Å². The summed E-state index contributed by atoms with van der Waals surface area (Å²) >= 11 is 6.20. The van der Waals surface area contributed by atoms with Crippen molar-refractivity contribution in [1.29, 1.82) is 0 Å². The zero-order valence-electron chi connectivity index (χ0n) is 10.7. The van der Waals surface area contributed by atoms with Gasteiger partial charge in [0.2, 0.25) is 5.91 Å². The number of amides is 1. The summed E-state index contributed by atoms with van der Waals surface area (Å²) in [5.41, 5.74) is 0.846. The monoisotopic (exact) mass is 272 g/mol. The van der Waals surface area contributed by atoms with Crippen molar-refractivity contribution in [2.75, 3.05) is 27.8 Å². The lowest BCUT2D eigenvalue weighted by Crippen LogP contribution is -2.31. The summed E-state index contributed by atoms with van der Waals surface area (Å²) in [6.07, 6.45) is 0. The lowest BCUT2D eigenvalue weighted by Gasteiger charge is -2.13. The second-order valence-corrected chi connectivity index (χ2v) is 3.93. The molecule has 1 amide bonds. The quantitative estimate of drug-likeness (QED) is 0.817. The molecule has 0 aromatic heterocycles. The smallest absolute Gasteiger partial charge is 0.233 e. The fourth-order valence-electron chi connectivity index (χ4n) is 1.47. The number of carbonyl (C=O) groups excluding carboxylic acids is 1. The summed E-state index contributed by atoms with van der Waals surface area (Å²) in [5, 5.41) is 6.00. The number of rotatable bonds is 6. The van der Waals surface area contributed by atoms with Gasteiger partial charge in [-0.3, -0.25) is 4.79 Å². The predicted octanol–water partition coefficient (Wildman–Crippen LogP) is 1.19. The van der Waals surface area contributed by atoms with Crippen molar-refractivity contribution in [3.8, 4) is 11.5 Å². The molecule has 0 heterocycles. The molecule has 0 saturated heterocycles. The van der Waals surface area contributed by atoms with E-state index in [0.29, 0.717) is 23.1 Å². The van der Waals surface area contributed by atoms with E-state index in [9.17, 15) is 4.79 Å². The summed E-state index contributed by atoms with van der Waals surface area (Å²) < 4.78 is 10.3. The molecule has 0 aliphatic carbocycles. The number of hydrogen-bond acceptors (Lipinski definition) is 4. The highest BCUT2D eigenvalue weighted by atomic mass is 35.5. The third-order valence-corrected chi connectivity index (χ3v) is 2.86. The van der Waals surface area contributed by atoms with Gasteiger partial charge in [0.25, 0.3) is 0 Å². The highest BCUT2D eigenvalue weighted by Crippen LogP contribution is 2.37. The summed E-state index contributed by atoms with van der Waals surface area (Å²) in [6.45, 7) is 0.716. The molecule has 100 valence electrons. The summed E-state index contributed by atoms with van der Waals surface area (Å²) in [4.78, 5) is 11.1. The molecule has 0 aliphatic rings. The number of likely N-dealkylation sites (N-methyl/N-ethyl adjacent to an activating group) is 1. The Kier molecular flexibility index (Phi) is 5.74. The number of carbonyl (C=O) groups is 1. The van der Waals surface area contributed by atoms with E-state index in [1.54, 1.807) is 20.2 Å². The molecule has 0 aliphatic heterocycles. The van der Waals surface area contributed by atoms with Crippen LogP contribution in [0.4, 0.5) is 0 Å². The standard InChI is InChI=1S/C12H17ClN2O3/c1-14-10(16)7-15-6-8-4-5-9(17-2)12(18-3)11(8)13/h4-5,15H,6-7H2,1-3H3,(H,14,16). The van der Waals surface area contributed by atoms with E-state index in [1.165, 1.54) is 7.11 Å². The van der Waals surface area contributed by atoms with Gasteiger partial charge < -0.3 is 20.1 Å². The van der Waals surface area contributed by atoms with Crippen molar-refractivity contribution in [2.24, 2.45) is 0 Å². The second kappa shape index (κ2) is 7.08. The number of nitrogens with one attached hydrogen (secondary N) is 2. The molecule has 0 fully saturated rings. The molecule has 0 spiro atoms. The lowest BCUT2D eigenvalue weighted by molar-refractivity contribution is -0.119. The molecule has 1 aromatic carbocycles. The van der Waals surface area contributed by atoms with Gasteiger partial charge in [-0.1, -0.05) is 17.7 Å². The van der Waals surface area contributed by atoms with Crippen LogP contribution >= 0.6 is 11.6 Å². The van der Waals surface area contributed by atoms with E-state index < -0.39 is 0 Å². The van der Waals surface area contributed by atoms with Gasteiger partial charge in [0.15, 0.2) is 11.5 Å². The maximum absolute atomic E-state index is 11.1. The van der Waals surface area contributed by atoms with Gasteiger partial charge in [-0.15, -0.1) is 0 Å². The predicted molar refractivity (Wildman–Crippen MR) is 70.3 cm³/mol. The average Bonchev–Trinajstić information content (AvgIpc) is 2.39. The van der Waals surface area contributed by atoms with E-state index in [0.717, 1.165) is 5.56 Å². The number of halogens is 1. The van der Waals surface area contributed by atoms with Crippen LogP contribution < -0.4 is 20.1 Å². The third-order valence-electron chi connectivity index (χ3n) is 2.44. The molecule has 5 nitrogen and oxygen atoms in total. The zero-order chi connectivity index (χ0) is 13.5. The minimum Gasteiger partial charge on any atom is -0.493 e. The van der Waals surface area contributed by atoms with Crippen LogP contribution in [-0.2, 0) is 11.3 Å². The minimum absolute atomic E-state index is 0.0772. The molecule has 1 aromatic rings. The van der Waals surface area contributed by atoms with Gasteiger partial charge in [0, 0.05) is 13.6 Å². The number of benzene rings is 1. The normalized spacial score (nSPS) is 10.0. The number of ether oxygens (including phenoxy) is 2. The second-order valence-electron chi connectivity index (χ2n) is 3.55. The number of methoxy groups -OCH3 is 2. The van der Waals surface area contributed by atoms with Gasteiger partial charge in [0.1, 0.15) is 0 Å². The van der Waals surface area contributed by atoms with Crippen LogP contribution in [0.1, 0.15) is 5.56 Å². The molecular formula is C12H17ClN2O3. The van der Waals surface area contributed by atoms with Crippen molar-refractivity contribution in [1.82, 2.24) is 10.6 Å². The van der Waals surface area contributed by atoms with E-state index in [4.69, 9.17) is 21.1 Å². The molecule has 18 heavy (non-hydrogen) atoms. The Morgan fingerprint density at radius 1 is 1.33 bits per heavy atom. The summed E-state index contributed by atoms with van der Waals surface area (Å²) in [7, 11) is 4.68. The van der Waals surface area contributed by atoms with E-state index in [2.05, 4.69) is 10.6 Å². The van der Waals surface area contributed by atoms with Gasteiger partial charge in [-0.2, -0.15) is 0 Å². The molecule has 1 rings (SSSR count). The summed E-state index contributed by atoms with van der Waals surface area (Å²) in [5.74, 6) is 1.00. The molecule has 0 saturated carbocycles. The van der Waals surface area contributed by atoms with Gasteiger partial charge in [-0.25, -0.2) is 0 Å². The molecule has 0 atom stereocenters. The van der Waals surface area contributed by atoms with Crippen LogP contribution in [0, 0.1) is 0 Å². The SMILES string of the molecule is CNC(=O)CNCc1ccc(OC)c(OC)c1Cl. The Hall–Kier alpha value is -1.46. The number of hydrogen-bond donors (Lipinski definition) is 2. The lowest BCUT2D eigenvalue weighted by atomic mass is 10.2. The maximum atomic E-state index is 11.1. The fourth-order valence-corrected chi connectivity index (χ4v) is 1.77. The average molecular weight is 273 g/mol. The largest absolute Gasteiger partial charge is 0.493 e. The maximum Gasteiger partial charge on any atom is 0.233 e. The highest BCUT2D eigenvalue weighted by Gasteiger charge is 2.12. The zero-order valence-corrected chi connectivity index (χ0v) is 11.4. The van der Waals surface area contributed by atoms with E-state index in [-0.39, 0.29) is 12.5 Å². The Morgan fingerprint density at radius 2 is 2.06 bits per heavy atom. The van der Waals surface area contributed by atoms with Crippen molar-refractivity contribution in [3.63, 3.8) is 0 Å². The van der Waals surface area contributed by atoms with Crippen LogP contribution in [0.25, 0.3) is 0 Å². The van der Waals surface area contributed by atoms with Gasteiger partial charge in [0.05, 0.1) is 25.8 Å². The minimum atomic E-state index is -0.0772. The highest BCUT2D eigenvalue weighted by molar-refractivity contribution is 6.33. The molecule has 0 radical (unpaired) electrons. The van der Waals surface area contributed by atoms with Crippen LogP contribution in [0.15, 0.2) is 12.1 Å². The molecular weight excluding hydrogens is 256 g/mol. The Bertz CT molecular complexity index is 424. The van der Waals surface area contributed by atoms with Crippen LogP contribution in [0.5, 0.6) is 11.5 Å². The third kappa shape index (κ3) is 3.51. The van der Waals surface area contributed by atoms with Gasteiger partial charge in [-0.05, 0) is 11.6 Å². The summed E-state index contributed by atoms with van der Waals surface area (Å²) in [6, 6.07) is 3.61. The van der Waals surface area contributed by atoms with Crippen molar-refractivity contribution in [3.05, 3.63) is 22.7 Å². The first-order valence-electron chi connectivity index (χ1n) is 5.44. The van der Waals surface area contributed by atoms with Crippen LogP contribution in [0.3, 0.4) is 0 Å². The van der Waals surface area contributed by atoms with Crippen molar-refractivity contribution < 1.29 is 14.3 Å². The topological polar surface area (TPSA) is 59.6 Å². The molecule has 0 bridgehead atoms. The molecule has 2 N–H and O–H groups in total. The van der Waals surface area contributed by atoms with Crippen LogP contribution in [-0.4, -0.2) is 33.7 Å². The Morgan fingerprint density at radius 3 is 2.61 bits per heavy atom. The first-order valence-corrected chi connectivity index (χ1v) is 5.82. The van der Waals surface area contributed by atoms with Crippen LogP contribution in [0.2, 0.25) is 5.02 Å². The van der Waals surface area contributed by atoms with Gasteiger partial charge >= 0.3 is 0 Å².